The van der Waals surface area contributed by atoms with Crippen molar-refractivity contribution in [1.29, 1.82) is 0 Å². The van der Waals surface area contributed by atoms with E-state index in [0.717, 1.165) is 28.0 Å². The van der Waals surface area contributed by atoms with Crippen molar-refractivity contribution < 1.29 is 14.3 Å². The number of ether oxygens (including phenoxy) is 2. The van der Waals surface area contributed by atoms with Crippen LogP contribution in [0.2, 0.25) is 0 Å². The molecule has 0 saturated carbocycles. The number of nitrogens with zero attached hydrogens (tertiary/aromatic N) is 3. The van der Waals surface area contributed by atoms with Crippen LogP contribution in [0.3, 0.4) is 0 Å². The monoisotopic (exact) mass is 415 g/mol. The molecule has 1 amide bonds. The maximum atomic E-state index is 12.4. The van der Waals surface area contributed by atoms with Gasteiger partial charge in [0, 0.05) is 29.9 Å². The first kappa shape index (κ1) is 20.1. The summed E-state index contributed by atoms with van der Waals surface area (Å²) in [6.07, 6.45) is 5.47. The molecule has 0 saturated heterocycles. The summed E-state index contributed by atoms with van der Waals surface area (Å²) in [6.45, 7) is 0. The highest BCUT2D eigenvalue weighted by Gasteiger charge is 2.10. The molecular formula is C23H21N5O3. The van der Waals surface area contributed by atoms with E-state index in [1.807, 2.05) is 30.3 Å². The summed E-state index contributed by atoms with van der Waals surface area (Å²) in [6, 6.07) is 14.7. The van der Waals surface area contributed by atoms with Gasteiger partial charge in [0.25, 0.3) is 5.91 Å². The fraction of sp³-hybridized carbons (Fsp3) is 0.130. The molecule has 31 heavy (non-hydrogen) atoms. The van der Waals surface area contributed by atoms with E-state index in [-0.39, 0.29) is 5.91 Å². The van der Waals surface area contributed by atoms with E-state index in [1.54, 1.807) is 51.0 Å². The van der Waals surface area contributed by atoms with Gasteiger partial charge in [-0.25, -0.2) is 10.4 Å². The second-order valence-corrected chi connectivity index (χ2v) is 6.77. The molecule has 0 fully saturated rings. The summed E-state index contributed by atoms with van der Waals surface area (Å²) in [5, 5.41) is 3.98. The second kappa shape index (κ2) is 9.08. The van der Waals surface area contributed by atoms with Gasteiger partial charge in [-0.1, -0.05) is 12.1 Å². The van der Waals surface area contributed by atoms with E-state index in [2.05, 4.69) is 25.5 Å². The number of benzene rings is 2. The second-order valence-electron chi connectivity index (χ2n) is 6.77. The maximum absolute atomic E-state index is 12.4. The van der Waals surface area contributed by atoms with Crippen LogP contribution >= 0.6 is 0 Å². The summed E-state index contributed by atoms with van der Waals surface area (Å²) >= 11 is 0. The SMILES string of the molecule is COc1ccc(Cc2nc3ccc(C(=O)N/N=C\c4cccnc4)cc3[nH]2)cc1OC. The molecule has 0 unspecified atom stereocenters. The number of amides is 1. The van der Waals surface area contributed by atoms with Crippen LogP contribution in [-0.2, 0) is 6.42 Å². The van der Waals surface area contributed by atoms with Crippen LogP contribution < -0.4 is 14.9 Å². The minimum atomic E-state index is -0.307. The molecule has 0 spiro atoms. The van der Waals surface area contributed by atoms with Gasteiger partial charge < -0.3 is 14.5 Å². The number of hydrogen-bond donors (Lipinski definition) is 2. The molecule has 8 heteroatoms. The normalized spacial score (nSPS) is 11.0. The van der Waals surface area contributed by atoms with Crippen molar-refractivity contribution >= 4 is 23.2 Å². The molecule has 2 heterocycles. The number of hydrogen-bond acceptors (Lipinski definition) is 6. The number of rotatable bonds is 7. The zero-order valence-corrected chi connectivity index (χ0v) is 17.1. The fourth-order valence-corrected chi connectivity index (χ4v) is 3.15. The van der Waals surface area contributed by atoms with Crippen molar-refractivity contribution in [2.24, 2.45) is 5.10 Å². The number of pyridine rings is 1. The average Bonchev–Trinajstić information content (AvgIpc) is 3.21. The van der Waals surface area contributed by atoms with Crippen LogP contribution in [0.4, 0.5) is 0 Å². The van der Waals surface area contributed by atoms with Gasteiger partial charge in [-0.15, -0.1) is 0 Å². The van der Waals surface area contributed by atoms with Crippen LogP contribution in [0.15, 0.2) is 66.0 Å². The number of imidazole rings is 1. The number of H-pyrrole nitrogens is 1. The fourth-order valence-electron chi connectivity index (χ4n) is 3.15. The average molecular weight is 415 g/mol. The molecule has 2 aromatic heterocycles. The third-order valence-electron chi connectivity index (χ3n) is 4.68. The van der Waals surface area contributed by atoms with E-state index in [4.69, 9.17) is 9.47 Å². The summed E-state index contributed by atoms with van der Waals surface area (Å²) in [7, 11) is 3.21. The quantitative estimate of drug-likeness (QED) is 0.356. The lowest BCUT2D eigenvalue weighted by Crippen LogP contribution is -2.17. The Morgan fingerprint density at radius 2 is 2.00 bits per heavy atom. The molecule has 0 aliphatic heterocycles. The molecule has 0 radical (unpaired) electrons. The van der Waals surface area contributed by atoms with E-state index >= 15 is 0 Å². The Bertz CT molecular complexity index is 1230. The third kappa shape index (κ3) is 4.69. The van der Waals surface area contributed by atoms with Gasteiger partial charge >= 0.3 is 0 Å². The maximum Gasteiger partial charge on any atom is 0.271 e. The first-order chi connectivity index (χ1) is 15.2. The Morgan fingerprint density at radius 1 is 1.13 bits per heavy atom. The Balaban J connectivity index is 1.48. The highest BCUT2D eigenvalue weighted by Crippen LogP contribution is 2.28. The molecule has 2 aromatic carbocycles. The van der Waals surface area contributed by atoms with Crippen LogP contribution in [0, 0.1) is 0 Å². The van der Waals surface area contributed by atoms with Gasteiger partial charge in [0.05, 0.1) is 31.5 Å². The molecule has 0 aliphatic carbocycles. The number of fused-ring (bicyclic) bond motifs is 1. The van der Waals surface area contributed by atoms with Crippen LogP contribution in [0.5, 0.6) is 11.5 Å². The molecule has 0 aliphatic rings. The number of aromatic amines is 1. The molecule has 2 N–H and O–H groups in total. The lowest BCUT2D eigenvalue weighted by molar-refractivity contribution is 0.0955. The summed E-state index contributed by atoms with van der Waals surface area (Å²) in [4.78, 5) is 24.3. The van der Waals surface area contributed by atoms with Crippen LogP contribution in [0.1, 0.15) is 27.3 Å². The minimum Gasteiger partial charge on any atom is -0.493 e. The molecular weight excluding hydrogens is 394 g/mol. The number of nitrogens with one attached hydrogen (secondary N) is 2. The Hall–Kier alpha value is -4.20. The van der Waals surface area contributed by atoms with Crippen molar-refractivity contribution in [3.63, 3.8) is 0 Å². The molecule has 8 nitrogen and oxygen atoms in total. The molecule has 4 rings (SSSR count). The number of aromatic nitrogens is 3. The molecule has 4 aromatic rings. The Kier molecular flexibility index (Phi) is 5.89. The highest BCUT2D eigenvalue weighted by atomic mass is 16.5. The zero-order valence-electron chi connectivity index (χ0n) is 17.1. The van der Waals surface area contributed by atoms with Gasteiger partial charge in [0.1, 0.15) is 5.82 Å². The first-order valence-electron chi connectivity index (χ1n) is 9.59. The topological polar surface area (TPSA) is 101 Å². The smallest absolute Gasteiger partial charge is 0.271 e. The number of hydrazone groups is 1. The van der Waals surface area contributed by atoms with Gasteiger partial charge in [0.15, 0.2) is 11.5 Å². The Labute approximate surface area is 179 Å². The predicted molar refractivity (Wildman–Crippen MR) is 118 cm³/mol. The van der Waals surface area contributed by atoms with E-state index in [9.17, 15) is 4.79 Å². The predicted octanol–water partition coefficient (Wildman–Crippen LogP) is 3.33. The largest absolute Gasteiger partial charge is 0.493 e. The molecule has 0 bridgehead atoms. The van der Waals surface area contributed by atoms with Crippen molar-refractivity contribution in [2.45, 2.75) is 6.42 Å². The standard InChI is InChI=1S/C23H21N5O3/c1-30-20-8-5-15(10-21(20)31-2)11-22-26-18-7-6-17(12-19(18)27-22)23(29)28-25-14-16-4-3-9-24-13-16/h3-10,12-14H,11H2,1-2H3,(H,26,27)(H,28,29)/b25-14-. The van der Waals surface area contributed by atoms with Gasteiger partial charge in [-0.3, -0.25) is 9.78 Å². The summed E-state index contributed by atoms with van der Waals surface area (Å²) < 4.78 is 10.6. The molecule has 156 valence electrons. The summed E-state index contributed by atoms with van der Waals surface area (Å²) in [5.74, 6) is 1.83. The zero-order chi connectivity index (χ0) is 21.6. The van der Waals surface area contributed by atoms with Crippen LogP contribution in [0.25, 0.3) is 11.0 Å². The van der Waals surface area contributed by atoms with Gasteiger partial charge in [-0.2, -0.15) is 5.10 Å². The number of methoxy groups -OCH3 is 2. The van der Waals surface area contributed by atoms with E-state index in [1.165, 1.54) is 0 Å². The Morgan fingerprint density at radius 3 is 2.77 bits per heavy atom. The third-order valence-corrected chi connectivity index (χ3v) is 4.68. The van der Waals surface area contributed by atoms with Gasteiger partial charge in [-0.05, 0) is 42.0 Å². The van der Waals surface area contributed by atoms with E-state index in [0.29, 0.717) is 23.5 Å². The summed E-state index contributed by atoms with van der Waals surface area (Å²) in [5.41, 5.74) is 6.39. The number of carbonyl (C=O) groups is 1. The minimum absolute atomic E-state index is 0.307. The molecule has 0 atom stereocenters. The van der Waals surface area contributed by atoms with Crippen molar-refractivity contribution in [1.82, 2.24) is 20.4 Å². The lowest BCUT2D eigenvalue weighted by Gasteiger charge is -2.08. The lowest BCUT2D eigenvalue weighted by atomic mass is 10.1. The van der Waals surface area contributed by atoms with Crippen LogP contribution in [-0.4, -0.2) is 41.3 Å². The van der Waals surface area contributed by atoms with Crippen molar-refractivity contribution in [3.05, 3.63) is 83.4 Å². The first-order valence-corrected chi connectivity index (χ1v) is 9.59. The number of carbonyl (C=O) groups excluding carboxylic acids is 1. The van der Waals surface area contributed by atoms with E-state index < -0.39 is 0 Å². The van der Waals surface area contributed by atoms with Crippen molar-refractivity contribution in [3.8, 4) is 11.5 Å². The van der Waals surface area contributed by atoms with Gasteiger partial charge in [0.2, 0.25) is 0 Å². The highest BCUT2D eigenvalue weighted by molar-refractivity contribution is 5.97. The van der Waals surface area contributed by atoms with Crippen molar-refractivity contribution in [2.75, 3.05) is 14.2 Å².